The van der Waals surface area contributed by atoms with Crippen LogP contribution in [0.25, 0.3) is 0 Å². The predicted octanol–water partition coefficient (Wildman–Crippen LogP) is 2.55. The van der Waals surface area contributed by atoms with Crippen LogP contribution in [-0.2, 0) is 4.74 Å². The van der Waals surface area contributed by atoms with Gasteiger partial charge in [-0.15, -0.1) is 0 Å². The van der Waals surface area contributed by atoms with E-state index in [0.29, 0.717) is 17.5 Å². The number of halogens is 2. The van der Waals surface area contributed by atoms with Crippen LogP contribution in [0.5, 0.6) is 0 Å². The molecule has 0 unspecified atom stereocenters. The zero-order chi connectivity index (χ0) is 17.6. The second-order valence-electron chi connectivity index (χ2n) is 5.82. The maximum absolute atomic E-state index is 13.8. The summed E-state index contributed by atoms with van der Waals surface area (Å²) in [4.78, 5) is 10.9. The van der Waals surface area contributed by atoms with Crippen LogP contribution in [0.2, 0.25) is 0 Å². The third kappa shape index (κ3) is 5.07. The van der Waals surface area contributed by atoms with Crippen molar-refractivity contribution in [2.75, 3.05) is 50.0 Å². The average molecular weight is 349 g/mol. The molecule has 0 saturated carbocycles. The molecule has 0 atom stereocenters. The summed E-state index contributed by atoms with van der Waals surface area (Å²) in [6.45, 7) is 6.79. The first-order valence-corrected chi connectivity index (χ1v) is 8.22. The second kappa shape index (κ2) is 8.17. The van der Waals surface area contributed by atoms with Crippen LogP contribution in [0.15, 0.2) is 24.3 Å². The summed E-state index contributed by atoms with van der Waals surface area (Å²) < 4.78 is 32.1. The molecule has 8 heteroatoms. The van der Waals surface area contributed by atoms with Gasteiger partial charge in [-0.3, -0.25) is 4.90 Å². The monoisotopic (exact) mass is 349 g/mol. The standard InChI is InChI=1S/C17H21F2N5O/c1-12-21-16(20-4-5-24-6-8-25-9-7-24)11-17(22-12)23-15-3-2-13(18)10-14(15)19/h2-3,10-11H,4-9H2,1H3,(H2,20,21,22,23). The molecule has 0 amide bonds. The normalized spacial score (nSPS) is 15.2. The lowest BCUT2D eigenvalue weighted by atomic mass is 10.3. The summed E-state index contributed by atoms with van der Waals surface area (Å²) in [7, 11) is 0. The molecule has 6 nitrogen and oxygen atoms in total. The fraction of sp³-hybridized carbons (Fsp3) is 0.412. The highest BCUT2D eigenvalue weighted by molar-refractivity contribution is 5.59. The topological polar surface area (TPSA) is 62.3 Å². The lowest BCUT2D eigenvalue weighted by molar-refractivity contribution is 0.0398. The number of aromatic nitrogens is 2. The molecule has 0 aliphatic carbocycles. The van der Waals surface area contributed by atoms with Gasteiger partial charge in [0.15, 0.2) is 0 Å². The Hall–Kier alpha value is -2.32. The van der Waals surface area contributed by atoms with Crippen molar-refractivity contribution in [3.8, 4) is 0 Å². The van der Waals surface area contributed by atoms with E-state index in [4.69, 9.17) is 4.74 Å². The number of aryl methyl sites for hydroxylation is 1. The third-order valence-corrected chi connectivity index (χ3v) is 3.87. The van der Waals surface area contributed by atoms with Gasteiger partial charge in [0, 0.05) is 38.3 Å². The highest BCUT2D eigenvalue weighted by Gasteiger charge is 2.10. The number of benzene rings is 1. The first-order valence-electron chi connectivity index (χ1n) is 8.22. The van der Waals surface area contributed by atoms with Gasteiger partial charge in [-0.2, -0.15) is 0 Å². The van der Waals surface area contributed by atoms with Crippen LogP contribution in [-0.4, -0.2) is 54.3 Å². The Balaban J connectivity index is 1.61. The van der Waals surface area contributed by atoms with Gasteiger partial charge in [0.2, 0.25) is 0 Å². The fourth-order valence-corrected chi connectivity index (χ4v) is 2.62. The predicted molar refractivity (Wildman–Crippen MR) is 92.2 cm³/mol. The van der Waals surface area contributed by atoms with Gasteiger partial charge in [0.05, 0.1) is 18.9 Å². The lowest BCUT2D eigenvalue weighted by Crippen LogP contribution is -2.39. The van der Waals surface area contributed by atoms with Crippen LogP contribution < -0.4 is 10.6 Å². The fourth-order valence-electron chi connectivity index (χ4n) is 2.62. The van der Waals surface area contributed by atoms with Gasteiger partial charge in [0.25, 0.3) is 0 Å². The molecule has 134 valence electrons. The molecule has 2 aromatic rings. The summed E-state index contributed by atoms with van der Waals surface area (Å²) in [5, 5.41) is 6.12. The van der Waals surface area contributed by atoms with Crippen LogP contribution in [0, 0.1) is 18.6 Å². The molecule has 1 aromatic heterocycles. The van der Waals surface area contributed by atoms with E-state index >= 15 is 0 Å². The number of ether oxygens (including phenoxy) is 1. The van der Waals surface area contributed by atoms with Crippen molar-refractivity contribution in [3.05, 3.63) is 41.7 Å². The van der Waals surface area contributed by atoms with Crippen LogP contribution >= 0.6 is 0 Å². The zero-order valence-corrected chi connectivity index (χ0v) is 14.1. The van der Waals surface area contributed by atoms with Gasteiger partial charge >= 0.3 is 0 Å². The molecule has 0 radical (unpaired) electrons. The second-order valence-corrected chi connectivity index (χ2v) is 5.82. The SMILES string of the molecule is Cc1nc(NCCN2CCOCC2)cc(Nc2ccc(F)cc2F)n1. The van der Waals surface area contributed by atoms with Crippen LogP contribution in [0.3, 0.4) is 0 Å². The summed E-state index contributed by atoms with van der Waals surface area (Å²) in [5.41, 5.74) is 0.166. The number of morpholine rings is 1. The minimum Gasteiger partial charge on any atom is -0.379 e. The zero-order valence-electron chi connectivity index (χ0n) is 14.1. The third-order valence-electron chi connectivity index (χ3n) is 3.87. The number of hydrogen-bond acceptors (Lipinski definition) is 6. The van der Waals surface area contributed by atoms with Crippen molar-refractivity contribution in [1.82, 2.24) is 14.9 Å². The summed E-state index contributed by atoms with van der Waals surface area (Å²) in [6, 6.07) is 5.07. The number of nitrogens with one attached hydrogen (secondary N) is 2. The Kier molecular flexibility index (Phi) is 5.72. The van der Waals surface area contributed by atoms with E-state index in [1.807, 2.05) is 0 Å². The number of anilines is 3. The Morgan fingerprint density at radius 2 is 1.88 bits per heavy atom. The first kappa shape index (κ1) is 17.5. The molecular weight excluding hydrogens is 328 g/mol. The minimum absolute atomic E-state index is 0.166. The minimum atomic E-state index is -0.668. The Labute approximate surface area is 145 Å². The van der Waals surface area contributed by atoms with Gasteiger partial charge in [-0.25, -0.2) is 18.7 Å². The highest BCUT2D eigenvalue weighted by atomic mass is 19.1. The quantitative estimate of drug-likeness (QED) is 0.836. The van der Waals surface area contributed by atoms with Crippen molar-refractivity contribution in [2.45, 2.75) is 6.92 Å². The van der Waals surface area contributed by atoms with Crippen LogP contribution in [0.1, 0.15) is 5.82 Å². The molecule has 2 N–H and O–H groups in total. The summed E-state index contributed by atoms with van der Waals surface area (Å²) >= 11 is 0. The van der Waals surface area contributed by atoms with E-state index in [1.54, 1.807) is 13.0 Å². The van der Waals surface area contributed by atoms with Crippen molar-refractivity contribution in [1.29, 1.82) is 0 Å². The summed E-state index contributed by atoms with van der Waals surface area (Å²) in [6.07, 6.45) is 0. The Bertz CT molecular complexity index is 722. The molecule has 3 rings (SSSR count). The molecule has 2 heterocycles. The maximum atomic E-state index is 13.8. The van der Waals surface area contributed by atoms with Crippen molar-refractivity contribution >= 4 is 17.3 Å². The number of hydrogen-bond donors (Lipinski definition) is 2. The molecule has 1 saturated heterocycles. The van der Waals surface area contributed by atoms with Crippen molar-refractivity contribution in [2.24, 2.45) is 0 Å². The van der Waals surface area contributed by atoms with E-state index < -0.39 is 11.6 Å². The Morgan fingerprint density at radius 1 is 1.12 bits per heavy atom. The molecule has 0 bridgehead atoms. The molecule has 1 fully saturated rings. The van der Waals surface area contributed by atoms with Gasteiger partial charge in [0.1, 0.15) is 29.1 Å². The molecule has 25 heavy (non-hydrogen) atoms. The largest absolute Gasteiger partial charge is 0.379 e. The average Bonchev–Trinajstić information content (AvgIpc) is 2.58. The summed E-state index contributed by atoms with van der Waals surface area (Å²) in [5.74, 6) is 0.379. The van der Waals surface area contributed by atoms with Gasteiger partial charge < -0.3 is 15.4 Å². The molecule has 1 aliphatic rings. The van der Waals surface area contributed by atoms with Crippen LogP contribution in [0.4, 0.5) is 26.1 Å². The van der Waals surface area contributed by atoms with E-state index in [2.05, 4.69) is 25.5 Å². The highest BCUT2D eigenvalue weighted by Crippen LogP contribution is 2.21. The van der Waals surface area contributed by atoms with E-state index in [9.17, 15) is 8.78 Å². The maximum Gasteiger partial charge on any atom is 0.149 e. The van der Waals surface area contributed by atoms with Crippen molar-refractivity contribution in [3.63, 3.8) is 0 Å². The molecule has 1 aromatic carbocycles. The van der Waals surface area contributed by atoms with Gasteiger partial charge in [-0.05, 0) is 19.1 Å². The Morgan fingerprint density at radius 3 is 2.64 bits per heavy atom. The van der Waals surface area contributed by atoms with Gasteiger partial charge in [-0.1, -0.05) is 0 Å². The van der Waals surface area contributed by atoms with Crippen molar-refractivity contribution < 1.29 is 13.5 Å². The first-order chi connectivity index (χ1) is 12.1. The molecule has 0 spiro atoms. The smallest absolute Gasteiger partial charge is 0.149 e. The van der Waals surface area contributed by atoms with E-state index in [1.165, 1.54) is 12.1 Å². The molecule has 1 aliphatic heterocycles. The van der Waals surface area contributed by atoms with E-state index in [-0.39, 0.29) is 5.69 Å². The number of rotatable bonds is 6. The number of nitrogens with zero attached hydrogens (tertiary/aromatic N) is 3. The lowest BCUT2D eigenvalue weighted by Gasteiger charge is -2.26. The van der Waals surface area contributed by atoms with E-state index in [0.717, 1.165) is 45.5 Å². The molecular formula is C17H21F2N5O.